The zero-order chi connectivity index (χ0) is 38.8. The molecule has 2 saturated carbocycles. The zero-order valence-corrected chi connectivity index (χ0v) is 30.8. The first-order valence-corrected chi connectivity index (χ1v) is 17.9. The first-order valence-electron chi connectivity index (χ1n) is 17.9. The Kier molecular flexibility index (Phi) is 10.3. The van der Waals surface area contributed by atoms with Gasteiger partial charge in [-0.05, 0) is 39.5 Å². The molecule has 0 saturated heterocycles. The number of methoxy groups -OCH3 is 2. The number of anilines is 2. The molecule has 0 unspecified atom stereocenters. The Hall–Kier alpha value is -6.61. The third kappa shape index (κ3) is 7.09. The van der Waals surface area contributed by atoms with Crippen molar-refractivity contribution in [3.8, 4) is 17.9 Å². The van der Waals surface area contributed by atoms with Gasteiger partial charge in [-0.25, -0.2) is 19.0 Å². The predicted molar refractivity (Wildman–Crippen MR) is 194 cm³/mol. The molecule has 5 aromatic rings. The minimum Gasteiger partial charge on any atom is -0.479 e. The van der Waals surface area contributed by atoms with Crippen LogP contribution in [0.5, 0.6) is 6.01 Å². The van der Waals surface area contributed by atoms with Crippen LogP contribution in [0.1, 0.15) is 108 Å². The molecule has 288 valence electrons. The molecule has 2 aliphatic rings. The number of carbonyl (C=O) groups excluding carboxylic acids is 2. The fraction of sp³-hybridized carbons (Fsp3) is 0.485. The van der Waals surface area contributed by atoms with Gasteiger partial charge in [0.25, 0.3) is 11.9 Å². The molecule has 5 N–H and O–H groups in total. The third-order valence-corrected chi connectivity index (χ3v) is 9.79. The molecular weight excluding hydrogens is 714 g/mol. The van der Waals surface area contributed by atoms with E-state index in [4.69, 9.17) is 20.9 Å². The van der Waals surface area contributed by atoms with E-state index in [9.17, 15) is 14.7 Å². The average Bonchev–Trinajstić information content (AvgIpc) is 3.96. The van der Waals surface area contributed by atoms with Crippen molar-refractivity contribution in [2.45, 2.75) is 90.1 Å². The smallest absolute Gasteiger partial charge is 0.343 e. The Morgan fingerprint density at radius 3 is 1.45 bits per heavy atom. The Labute approximate surface area is 313 Å². The van der Waals surface area contributed by atoms with Crippen LogP contribution in [-0.4, -0.2) is 85.3 Å². The van der Waals surface area contributed by atoms with E-state index >= 15 is 0 Å². The highest BCUT2D eigenvalue weighted by Crippen LogP contribution is 2.38. The number of esters is 2. The molecule has 0 spiro atoms. The number of hydrogen-bond donors (Lipinski definition) is 3. The van der Waals surface area contributed by atoms with Crippen molar-refractivity contribution >= 4 is 46.6 Å². The maximum Gasteiger partial charge on any atom is 0.343 e. The number of aryl methyl sites for hydroxylation is 2. The summed E-state index contributed by atoms with van der Waals surface area (Å²) in [7, 11) is 2.57. The number of carbonyl (C=O) groups is 2. The van der Waals surface area contributed by atoms with Crippen LogP contribution in [0.15, 0.2) is 32.9 Å². The summed E-state index contributed by atoms with van der Waals surface area (Å²) < 4.78 is 15.6. The number of nitrogens with two attached hydrogens (primary N) is 2. The van der Waals surface area contributed by atoms with Gasteiger partial charge in [-0.3, -0.25) is 0 Å². The molecule has 0 aromatic carbocycles. The van der Waals surface area contributed by atoms with Crippen LogP contribution in [0.4, 0.5) is 34.6 Å². The summed E-state index contributed by atoms with van der Waals surface area (Å²) in [5.74, 6) is -1.11. The second kappa shape index (κ2) is 15.4. The molecule has 55 heavy (non-hydrogen) atoms. The summed E-state index contributed by atoms with van der Waals surface area (Å²) >= 11 is 0. The van der Waals surface area contributed by atoms with Crippen LogP contribution in [0, 0.1) is 13.8 Å². The van der Waals surface area contributed by atoms with Crippen molar-refractivity contribution in [1.82, 2.24) is 54.1 Å². The number of aromatic hydroxyl groups is 1. The van der Waals surface area contributed by atoms with E-state index in [2.05, 4.69) is 55.8 Å². The van der Waals surface area contributed by atoms with Gasteiger partial charge in [-0.15, -0.1) is 20.5 Å². The molecular formula is C33H41N17O5. The number of aromatic nitrogens is 11. The van der Waals surface area contributed by atoms with E-state index in [-0.39, 0.29) is 69.8 Å². The van der Waals surface area contributed by atoms with Crippen molar-refractivity contribution < 1.29 is 24.2 Å². The molecule has 0 bridgehead atoms. The standard InChI is InChI=1S/C33H41N17O5/c1-17-23(41-43-27-21(29(51)54-3)15-36-47(27)19-11-7-5-8-12-19)25(34)49(45-17)31-38-32(40-33(53)39-31)50-26(35)24(18(2)46-50)42-44-28-22(30(52)55-4)16-37-48(28)20-13-9-6-10-14-20/h15-16,19-20H,5-14,34-35H2,1-4H3,(H,38,39,40,53). The third-order valence-electron chi connectivity index (χ3n) is 9.79. The summed E-state index contributed by atoms with van der Waals surface area (Å²) in [5, 5.41) is 46.0. The molecule has 5 heterocycles. The fourth-order valence-electron chi connectivity index (χ4n) is 6.96. The zero-order valence-electron chi connectivity index (χ0n) is 30.8. The van der Waals surface area contributed by atoms with E-state index in [1.807, 2.05) is 0 Å². The van der Waals surface area contributed by atoms with Gasteiger partial charge in [0.05, 0.1) is 50.1 Å². The molecule has 22 heteroatoms. The molecule has 0 radical (unpaired) electrons. The molecule has 5 aromatic heterocycles. The van der Waals surface area contributed by atoms with Crippen molar-refractivity contribution in [1.29, 1.82) is 0 Å². The van der Waals surface area contributed by atoms with E-state index in [0.717, 1.165) is 73.6 Å². The number of nitrogen functional groups attached to an aromatic ring is 2. The Morgan fingerprint density at radius 2 is 1.07 bits per heavy atom. The lowest BCUT2D eigenvalue weighted by Gasteiger charge is -2.22. The second-order valence-electron chi connectivity index (χ2n) is 13.3. The molecule has 22 nitrogen and oxygen atoms in total. The summed E-state index contributed by atoms with van der Waals surface area (Å²) in [6.45, 7) is 3.31. The first kappa shape index (κ1) is 36.7. The molecule has 0 aliphatic heterocycles. The number of rotatable bonds is 10. The Morgan fingerprint density at radius 1 is 0.673 bits per heavy atom. The Balaban J connectivity index is 1.21. The summed E-state index contributed by atoms with van der Waals surface area (Å²) in [6, 6.07) is -0.571. The van der Waals surface area contributed by atoms with Gasteiger partial charge < -0.3 is 26.0 Å². The largest absolute Gasteiger partial charge is 0.479 e. The van der Waals surface area contributed by atoms with E-state index in [1.165, 1.54) is 26.6 Å². The number of azo groups is 2. The van der Waals surface area contributed by atoms with Crippen LogP contribution in [0.3, 0.4) is 0 Å². The minimum atomic E-state index is -0.676. The summed E-state index contributed by atoms with van der Waals surface area (Å²) in [4.78, 5) is 37.7. The van der Waals surface area contributed by atoms with Crippen molar-refractivity contribution in [3.63, 3.8) is 0 Å². The van der Waals surface area contributed by atoms with Crippen LogP contribution in [0.25, 0.3) is 11.9 Å². The van der Waals surface area contributed by atoms with Gasteiger partial charge in [-0.2, -0.15) is 44.7 Å². The van der Waals surface area contributed by atoms with E-state index in [0.29, 0.717) is 11.4 Å². The minimum absolute atomic E-state index is 0.0174. The predicted octanol–water partition coefficient (Wildman–Crippen LogP) is 5.54. The average molecular weight is 756 g/mol. The number of ether oxygens (including phenoxy) is 2. The molecule has 0 amide bonds. The fourth-order valence-corrected chi connectivity index (χ4v) is 6.96. The molecule has 0 atom stereocenters. The van der Waals surface area contributed by atoms with E-state index in [1.54, 1.807) is 23.2 Å². The second-order valence-corrected chi connectivity index (χ2v) is 13.3. The lowest BCUT2D eigenvalue weighted by Crippen LogP contribution is -2.14. The first-order chi connectivity index (χ1) is 26.6. The van der Waals surface area contributed by atoms with Crippen LogP contribution < -0.4 is 11.5 Å². The monoisotopic (exact) mass is 755 g/mol. The van der Waals surface area contributed by atoms with Crippen LogP contribution in [0.2, 0.25) is 0 Å². The van der Waals surface area contributed by atoms with Gasteiger partial charge in [0.1, 0.15) is 11.1 Å². The highest BCUT2D eigenvalue weighted by molar-refractivity contribution is 5.94. The van der Waals surface area contributed by atoms with Crippen molar-refractivity contribution in [2.24, 2.45) is 20.5 Å². The number of hydrogen-bond acceptors (Lipinski definition) is 18. The maximum absolute atomic E-state index is 12.6. The lowest BCUT2D eigenvalue weighted by atomic mass is 9.96. The summed E-state index contributed by atoms with van der Waals surface area (Å²) in [5.41, 5.74) is 14.4. The molecule has 2 aliphatic carbocycles. The van der Waals surface area contributed by atoms with Gasteiger partial charge in [0.15, 0.2) is 34.6 Å². The van der Waals surface area contributed by atoms with Gasteiger partial charge in [0, 0.05) is 0 Å². The SMILES string of the molecule is COC(=O)c1cnn(C2CCCCC2)c1N=Nc1c(C)nn(-c2nc(O)nc(-n3nc(C)c(N=Nc4c(C(=O)OC)cnn4C4CCCCC4)c3N)n2)c1N. The normalized spacial score (nSPS) is 15.7. The maximum atomic E-state index is 12.6. The topological polar surface area (TPSA) is 284 Å². The quantitative estimate of drug-likeness (QED) is 0.117. The molecule has 2 fully saturated rings. The van der Waals surface area contributed by atoms with Gasteiger partial charge >= 0.3 is 17.9 Å². The lowest BCUT2D eigenvalue weighted by molar-refractivity contribution is 0.0592. The van der Waals surface area contributed by atoms with E-state index < -0.39 is 17.9 Å². The highest BCUT2D eigenvalue weighted by Gasteiger charge is 2.28. The van der Waals surface area contributed by atoms with Crippen LogP contribution >= 0.6 is 0 Å². The van der Waals surface area contributed by atoms with Gasteiger partial charge in [0.2, 0.25) is 0 Å². The molecule has 7 rings (SSSR count). The highest BCUT2D eigenvalue weighted by atomic mass is 16.5. The van der Waals surface area contributed by atoms with Crippen molar-refractivity contribution in [3.05, 3.63) is 34.9 Å². The van der Waals surface area contributed by atoms with Gasteiger partial charge in [-0.1, -0.05) is 38.5 Å². The van der Waals surface area contributed by atoms with Crippen molar-refractivity contribution in [2.75, 3.05) is 25.7 Å². The summed E-state index contributed by atoms with van der Waals surface area (Å²) in [6.07, 6.45) is 12.8. The number of nitrogens with zero attached hydrogens (tertiary/aromatic N) is 15. The van der Waals surface area contributed by atoms with Crippen LogP contribution in [-0.2, 0) is 9.47 Å². The Bertz CT molecular complexity index is 2130.